The van der Waals surface area contributed by atoms with Crippen molar-refractivity contribution in [3.05, 3.63) is 11.3 Å². The van der Waals surface area contributed by atoms with Gasteiger partial charge in [-0.05, 0) is 20.8 Å². The lowest BCUT2D eigenvalue weighted by molar-refractivity contribution is 0.141. The molecule has 0 aliphatic heterocycles. The number of nitriles is 1. The van der Waals surface area contributed by atoms with Crippen molar-refractivity contribution >= 4 is 5.82 Å². The van der Waals surface area contributed by atoms with Gasteiger partial charge >= 0.3 is 0 Å². The van der Waals surface area contributed by atoms with Gasteiger partial charge in [-0.1, -0.05) is 0 Å². The summed E-state index contributed by atoms with van der Waals surface area (Å²) in [4.78, 5) is 0. The van der Waals surface area contributed by atoms with Crippen LogP contribution in [0.15, 0.2) is 0 Å². The van der Waals surface area contributed by atoms with Gasteiger partial charge in [-0.15, -0.1) is 0 Å². The molecule has 0 spiro atoms. The van der Waals surface area contributed by atoms with E-state index in [0.717, 1.165) is 11.5 Å². The predicted molar refractivity (Wildman–Crippen MR) is 62.2 cm³/mol. The van der Waals surface area contributed by atoms with Crippen LogP contribution >= 0.6 is 0 Å². The average Bonchev–Trinajstić information content (AvgIpc) is 2.50. The molecule has 0 saturated heterocycles. The summed E-state index contributed by atoms with van der Waals surface area (Å²) < 4.78 is 7.00. The molecule has 0 aliphatic carbocycles. The summed E-state index contributed by atoms with van der Waals surface area (Å²) in [5.74, 6) is 0.757. The molecule has 1 rings (SSSR count). The van der Waals surface area contributed by atoms with E-state index in [4.69, 9.17) is 10.00 Å². The van der Waals surface area contributed by atoms with Crippen LogP contribution < -0.4 is 5.32 Å². The SMILES string of the molecule is CCOCC(C)Nc1c(C#N)c(C)nn1C. The van der Waals surface area contributed by atoms with E-state index in [2.05, 4.69) is 16.5 Å². The minimum absolute atomic E-state index is 0.154. The molecule has 0 aliphatic rings. The smallest absolute Gasteiger partial charge is 0.142 e. The Morgan fingerprint density at radius 1 is 1.62 bits per heavy atom. The number of anilines is 1. The van der Waals surface area contributed by atoms with Crippen molar-refractivity contribution in [1.29, 1.82) is 5.26 Å². The molecule has 0 bridgehead atoms. The van der Waals surface area contributed by atoms with Gasteiger partial charge in [0.05, 0.1) is 12.3 Å². The highest BCUT2D eigenvalue weighted by Gasteiger charge is 2.14. The van der Waals surface area contributed by atoms with Crippen LogP contribution in [0.4, 0.5) is 5.82 Å². The number of rotatable bonds is 5. The van der Waals surface area contributed by atoms with Gasteiger partial charge in [-0.2, -0.15) is 10.4 Å². The lowest BCUT2D eigenvalue weighted by atomic mass is 10.2. The molecule has 1 aromatic heterocycles. The largest absolute Gasteiger partial charge is 0.380 e. The summed E-state index contributed by atoms with van der Waals surface area (Å²) in [5.41, 5.74) is 1.35. The average molecular weight is 222 g/mol. The van der Waals surface area contributed by atoms with Crippen molar-refractivity contribution in [3.8, 4) is 6.07 Å². The Kier molecular flexibility index (Phi) is 4.32. The van der Waals surface area contributed by atoms with E-state index in [0.29, 0.717) is 18.8 Å². The summed E-state index contributed by atoms with van der Waals surface area (Å²) in [6.07, 6.45) is 0. The van der Waals surface area contributed by atoms with Crippen LogP contribution in [0.5, 0.6) is 0 Å². The lowest BCUT2D eigenvalue weighted by Crippen LogP contribution is -2.23. The van der Waals surface area contributed by atoms with Gasteiger partial charge in [0.1, 0.15) is 17.5 Å². The molecule has 1 unspecified atom stereocenters. The van der Waals surface area contributed by atoms with Crippen molar-refractivity contribution in [2.75, 3.05) is 18.5 Å². The van der Waals surface area contributed by atoms with Crippen LogP contribution in [-0.4, -0.2) is 29.0 Å². The normalized spacial score (nSPS) is 12.2. The minimum atomic E-state index is 0.154. The second-order valence-electron chi connectivity index (χ2n) is 3.75. The van der Waals surface area contributed by atoms with Crippen LogP contribution in [0, 0.1) is 18.3 Å². The molecule has 16 heavy (non-hydrogen) atoms. The first-order valence-corrected chi connectivity index (χ1v) is 5.38. The van der Waals surface area contributed by atoms with E-state index in [1.54, 1.807) is 4.68 Å². The zero-order chi connectivity index (χ0) is 12.1. The summed E-state index contributed by atoms with van der Waals surface area (Å²) in [6, 6.07) is 2.31. The van der Waals surface area contributed by atoms with E-state index in [1.165, 1.54) is 0 Å². The van der Waals surface area contributed by atoms with E-state index in [9.17, 15) is 0 Å². The molecule has 0 aromatic carbocycles. The van der Waals surface area contributed by atoms with Gasteiger partial charge in [0.2, 0.25) is 0 Å². The quantitative estimate of drug-likeness (QED) is 0.818. The molecular formula is C11H18N4O. The fourth-order valence-electron chi connectivity index (χ4n) is 1.53. The van der Waals surface area contributed by atoms with Gasteiger partial charge in [0, 0.05) is 19.7 Å². The first-order chi connectivity index (χ1) is 7.60. The summed E-state index contributed by atoms with van der Waals surface area (Å²) >= 11 is 0. The van der Waals surface area contributed by atoms with Crippen LogP contribution in [0.25, 0.3) is 0 Å². The topological polar surface area (TPSA) is 62.9 Å². The number of aromatic nitrogens is 2. The van der Waals surface area contributed by atoms with E-state index in [-0.39, 0.29) is 6.04 Å². The van der Waals surface area contributed by atoms with Gasteiger partial charge in [0.15, 0.2) is 0 Å². The zero-order valence-electron chi connectivity index (χ0n) is 10.2. The number of hydrogen-bond acceptors (Lipinski definition) is 4. The molecule has 0 amide bonds. The van der Waals surface area contributed by atoms with E-state index >= 15 is 0 Å². The maximum Gasteiger partial charge on any atom is 0.142 e. The van der Waals surface area contributed by atoms with Crippen LogP contribution in [0.2, 0.25) is 0 Å². The van der Waals surface area contributed by atoms with E-state index < -0.39 is 0 Å². The van der Waals surface area contributed by atoms with Crippen LogP contribution in [0.1, 0.15) is 25.1 Å². The van der Waals surface area contributed by atoms with Crippen molar-refractivity contribution in [1.82, 2.24) is 9.78 Å². The summed E-state index contributed by atoms with van der Waals surface area (Å²) in [6.45, 7) is 7.12. The zero-order valence-corrected chi connectivity index (χ0v) is 10.2. The van der Waals surface area contributed by atoms with E-state index in [1.807, 2.05) is 27.8 Å². The minimum Gasteiger partial charge on any atom is -0.380 e. The third-order valence-corrected chi connectivity index (χ3v) is 2.29. The van der Waals surface area contributed by atoms with Gasteiger partial charge in [0.25, 0.3) is 0 Å². The standard InChI is InChI=1S/C11H18N4O/c1-5-16-7-8(2)13-11-10(6-12)9(3)14-15(11)4/h8,13H,5,7H2,1-4H3. The van der Waals surface area contributed by atoms with Gasteiger partial charge in [-0.3, -0.25) is 4.68 Å². The van der Waals surface area contributed by atoms with Crippen molar-refractivity contribution in [2.45, 2.75) is 26.8 Å². The molecule has 1 heterocycles. The second-order valence-corrected chi connectivity index (χ2v) is 3.75. The molecule has 1 aromatic rings. The van der Waals surface area contributed by atoms with Crippen molar-refractivity contribution in [2.24, 2.45) is 7.05 Å². The highest BCUT2D eigenvalue weighted by molar-refractivity contribution is 5.55. The fourth-order valence-corrected chi connectivity index (χ4v) is 1.53. The Labute approximate surface area is 96.0 Å². The highest BCUT2D eigenvalue weighted by atomic mass is 16.5. The molecule has 0 radical (unpaired) electrons. The first-order valence-electron chi connectivity index (χ1n) is 5.38. The predicted octanol–water partition coefficient (Wildman–Crippen LogP) is 1.44. The first kappa shape index (κ1) is 12.5. The maximum atomic E-state index is 9.03. The Balaban J connectivity index is 2.77. The van der Waals surface area contributed by atoms with Crippen molar-refractivity contribution in [3.63, 3.8) is 0 Å². The molecule has 88 valence electrons. The fraction of sp³-hybridized carbons (Fsp3) is 0.636. The monoisotopic (exact) mass is 222 g/mol. The Morgan fingerprint density at radius 2 is 2.31 bits per heavy atom. The molecule has 0 fully saturated rings. The Morgan fingerprint density at radius 3 is 2.88 bits per heavy atom. The molecule has 1 N–H and O–H groups in total. The highest BCUT2D eigenvalue weighted by Crippen LogP contribution is 2.18. The Bertz CT molecular complexity index is 391. The number of nitrogens with zero attached hydrogens (tertiary/aromatic N) is 3. The molecular weight excluding hydrogens is 204 g/mol. The third kappa shape index (κ3) is 2.74. The molecule has 5 nitrogen and oxygen atoms in total. The number of aryl methyl sites for hydroxylation is 2. The number of nitrogens with one attached hydrogen (secondary N) is 1. The Hall–Kier alpha value is -1.54. The van der Waals surface area contributed by atoms with Crippen LogP contribution in [-0.2, 0) is 11.8 Å². The lowest BCUT2D eigenvalue weighted by Gasteiger charge is -2.15. The number of hydrogen-bond donors (Lipinski definition) is 1. The molecule has 0 saturated carbocycles. The molecule has 1 atom stereocenters. The molecule has 5 heteroatoms. The maximum absolute atomic E-state index is 9.03. The number of ether oxygens (including phenoxy) is 1. The summed E-state index contributed by atoms with van der Waals surface area (Å²) in [5, 5.41) is 16.5. The van der Waals surface area contributed by atoms with Crippen molar-refractivity contribution < 1.29 is 4.74 Å². The second kappa shape index (κ2) is 5.52. The van der Waals surface area contributed by atoms with Gasteiger partial charge < -0.3 is 10.1 Å². The van der Waals surface area contributed by atoms with Crippen LogP contribution in [0.3, 0.4) is 0 Å². The van der Waals surface area contributed by atoms with Gasteiger partial charge in [-0.25, -0.2) is 0 Å². The third-order valence-electron chi connectivity index (χ3n) is 2.29. The summed E-state index contributed by atoms with van der Waals surface area (Å²) in [7, 11) is 1.82.